The number of methoxy groups -OCH3 is 1. The number of carbonyl (C=O) groups excluding carboxylic acids is 3. The summed E-state index contributed by atoms with van der Waals surface area (Å²) < 4.78 is 16.2. The molecule has 0 radical (unpaired) electrons. The molecular formula is C33H36N2O8. The Morgan fingerprint density at radius 2 is 1.63 bits per heavy atom. The molecule has 0 unspecified atom stereocenters. The number of ether oxygens (including phenoxy) is 3. The molecule has 2 N–H and O–H groups in total. The van der Waals surface area contributed by atoms with Gasteiger partial charge in [0.15, 0.2) is 0 Å². The largest absolute Gasteiger partial charge is 0.507 e. The molecule has 0 spiro atoms. The Morgan fingerprint density at radius 3 is 2.37 bits per heavy atom. The van der Waals surface area contributed by atoms with Gasteiger partial charge in [0.1, 0.15) is 35.2 Å². The van der Waals surface area contributed by atoms with E-state index in [1.807, 2.05) is 30.3 Å². The number of ketones is 1. The number of amides is 1. The monoisotopic (exact) mass is 588 g/mol. The van der Waals surface area contributed by atoms with E-state index in [9.17, 15) is 24.6 Å². The van der Waals surface area contributed by atoms with Crippen LogP contribution in [-0.2, 0) is 20.9 Å². The highest BCUT2D eigenvalue weighted by atomic mass is 16.5. The molecule has 1 saturated heterocycles. The summed E-state index contributed by atoms with van der Waals surface area (Å²) in [7, 11) is 1.24. The summed E-state index contributed by atoms with van der Waals surface area (Å²) in [5.74, 6) is -1.78. The van der Waals surface area contributed by atoms with Crippen molar-refractivity contribution in [1.29, 1.82) is 0 Å². The molecule has 226 valence electrons. The van der Waals surface area contributed by atoms with Crippen LogP contribution in [0.4, 0.5) is 0 Å². The van der Waals surface area contributed by atoms with Gasteiger partial charge < -0.3 is 29.3 Å². The lowest BCUT2D eigenvalue weighted by Crippen LogP contribution is -2.50. The van der Waals surface area contributed by atoms with Gasteiger partial charge in [-0.1, -0.05) is 48.5 Å². The second-order valence-corrected chi connectivity index (χ2v) is 10.0. The Bertz CT molecular complexity index is 1430. The molecule has 10 heteroatoms. The van der Waals surface area contributed by atoms with Crippen molar-refractivity contribution in [3.63, 3.8) is 0 Å². The number of aliphatic hydroxyl groups excluding tert-OH is 1. The van der Waals surface area contributed by atoms with Crippen LogP contribution in [0.15, 0.2) is 78.9 Å². The number of esters is 1. The van der Waals surface area contributed by atoms with E-state index in [0.29, 0.717) is 50.7 Å². The summed E-state index contributed by atoms with van der Waals surface area (Å²) in [4.78, 5) is 41.0. The van der Waals surface area contributed by atoms with Gasteiger partial charge in [0.05, 0.1) is 13.7 Å². The van der Waals surface area contributed by atoms with E-state index in [-0.39, 0.29) is 22.8 Å². The maximum absolute atomic E-state index is 12.8. The normalized spacial score (nSPS) is 13.8. The lowest BCUT2D eigenvalue weighted by Gasteiger charge is -2.34. The van der Waals surface area contributed by atoms with Gasteiger partial charge in [0.25, 0.3) is 5.91 Å². The van der Waals surface area contributed by atoms with Gasteiger partial charge in [0, 0.05) is 37.8 Å². The first-order valence-electron chi connectivity index (χ1n) is 14.1. The summed E-state index contributed by atoms with van der Waals surface area (Å²) in [6.45, 7) is 3.56. The number of rotatable bonds is 13. The highest BCUT2D eigenvalue weighted by molar-refractivity contribution is 6.41. The molecule has 1 heterocycles. The predicted octanol–water partition coefficient (Wildman–Crippen LogP) is 4.23. The maximum Gasteiger partial charge on any atom is 0.345 e. The van der Waals surface area contributed by atoms with Crippen LogP contribution in [0.25, 0.3) is 5.76 Å². The lowest BCUT2D eigenvalue weighted by molar-refractivity contribution is -0.143. The quantitative estimate of drug-likeness (QED) is 0.0992. The minimum Gasteiger partial charge on any atom is -0.507 e. The second kappa shape index (κ2) is 15.4. The number of hydrogen-bond donors (Lipinski definition) is 2. The van der Waals surface area contributed by atoms with Crippen LogP contribution in [0.5, 0.6) is 17.2 Å². The van der Waals surface area contributed by atoms with E-state index in [4.69, 9.17) is 14.2 Å². The summed E-state index contributed by atoms with van der Waals surface area (Å²) in [5, 5.41) is 20.5. The number of nitrogens with zero attached hydrogens (tertiary/aromatic N) is 2. The van der Waals surface area contributed by atoms with Crippen LogP contribution in [-0.4, -0.2) is 84.1 Å². The van der Waals surface area contributed by atoms with Crippen LogP contribution in [0.1, 0.15) is 34.3 Å². The zero-order valence-corrected chi connectivity index (χ0v) is 24.1. The smallest absolute Gasteiger partial charge is 0.345 e. The van der Waals surface area contributed by atoms with Crippen molar-refractivity contribution in [3.8, 4) is 17.2 Å². The highest BCUT2D eigenvalue weighted by Crippen LogP contribution is 2.28. The van der Waals surface area contributed by atoms with Gasteiger partial charge >= 0.3 is 5.97 Å². The molecule has 0 atom stereocenters. The van der Waals surface area contributed by atoms with E-state index in [2.05, 4.69) is 4.90 Å². The van der Waals surface area contributed by atoms with E-state index in [1.54, 1.807) is 36.4 Å². The molecule has 3 aromatic carbocycles. The molecule has 1 aliphatic heterocycles. The number of phenolic OH excluding ortho intramolecular Hbond substituents is 1. The number of aliphatic hydroxyl groups is 1. The van der Waals surface area contributed by atoms with Gasteiger partial charge in [0.2, 0.25) is 5.78 Å². The number of benzene rings is 3. The number of piperazine rings is 1. The molecule has 0 aliphatic carbocycles. The number of phenols is 1. The number of aromatic hydroxyl groups is 1. The molecule has 43 heavy (non-hydrogen) atoms. The Labute approximate surface area is 250 Å². The fourth-order valence-corrected chi connectivity index (χ4v) is 4.65. The number of hydrogen-bond acceptors (Lipinski definition) is 9. The Morgan fingerprint density at radius 1 is 0.884 bits per heavy atom. The van der Waals surface area contributed by atoms with Crippen LogP contribution in [0, 0.1) is 0 Å². The van der Waals surface area contributed by atoms with Gasteiger partial charge in [-0.2, -0.15) is 0 Å². The molecule has 1 amide bonds. The van der Waals surface area contributed by atoms with Gasteiger partial charge in [-0.25, -0.2) is 4.79 Å². The Kier molecular flexibility index (Phi) is 11.2. The van der Waals surface area contributed by atoms with Crippen molar-refractivity contribution in [2.24, 2.45) is 0 Å². The first-order chi connectivity index (χ1) is 20.9. The summed E-state index contributed by atoms with van der Waals surface area (Å²) >= 11 is 0. The predicted molar refractivity (Wildman–Crippen MR) is 160 cm³/mol. The zero-order chi connectivity index (χ0) is 30.6. The standard InChI is InChI=1S/C33H36N2O8/c1-41-33(40)31-27(36)13-8-14-30(31)42-20-6-5-15-34-16-18-35(19-17-34)32(39)29(38)22-28(37)25-11-7-12-26(21-25)43-23-24-9-3-2-4-10-24/h2-4,7-14,21-22,36-37H,5-6,15-20,23H2,1H3/b28-22-. The minimum absolute atomic E-state index is 0.00451. The van der Waals surface area contributed by atoms with E-state index in [1.165, 1.54) is 18.1 Å². The fraction of sp³-hybridized carbons (Fsp3) is 0.303. The van der Waals surface area contributed by atoms with Crippen LogP contribution >= 0.6 is 0 Å². The molecule has 4 rings (SSSR count). The highest BCUT2D eigenvalue weighted by Gasteiger charge is 2.25. The van der Waals surface area contributed by atoms with Crippen LogP contribution in [0.2, 0.25) is 0 Å². The van der Waals surface area contributed by atoms with Crippen molar-refractivity contribution >= 4 is 23.4 Å². The zero-order valence-electron chi connectivity index (χ0n) is 24.1. The average molecular weight is 589 g/mol. The van der Waals surface area contributed by atoms with E-state index >= 15 is 0 Å². The molecular weight excluding hydrogens is 552 g/mol. The molecule has 0 aromatic heterocycles. The number of unbranched alkanes of at least 4 members (excludes halogenated alkanes) is 1. The van der Waals surface area contributed by atoms with Gasteiger partial charge in [-0.3, -0.25) is 14.5 Å². The molecule has 0 saturated carbocycles. The second-order valence-electron chi connectivity index (χ2n) is 10.0. The first kappa shape index (κ1) is 31.1. The van der Waals surface area contributed by atoms with Crippen molar-refractivity contribution in [2.45, 2.75) is 19.4 Å². The number of carbonyl (C=O) groups is 3. The van der Waals surface area contributed by atoms with Crippen LogP contribution in [0.3, 0.4) is 0 Å². The molecule has 3 aromatic rings. The lowest BCUT2D eigenvalue weighted by atomic mass is 10.1. The summed E-state index contributed by atoms with van der Waals surface area (Å²) in [6.07, 6.45) is 2.50. The third-order valence-electron chi connectivity index (χ3n) is 7.04. The van der Waals surface area contributed by atoms with Crippen molar-refractivity contribution < 1.29 is 38.8 Å². The molecule has 0 bridgehead atoms. The molecule has 1 aliphatic rings. The third-order valence-corrected chi connectivity index (χ3v) is 7.04. The fourth-order valence-electron chi connectivity index (χ4n) is 4.65. The van der Waals surface area contributed by atoms with Crippen molar-refractivity contribution in [2.75, 3.05) is 46.4 Å². The average Bonchev–Trinajstić information content (AvgIpc) is 3.04. The topological polar surface area (TPSA) is 126 Å². The minimum atomic E-state index is -0.781. The van der Waals surface area contributed by atoms with E-state index in [0.717, 1.165) is 31.0 Å². The summed E-state index contributed by atoms with van der Waals surface area (Å²) in [5.41, 5.74) is 1.39. The Hall–Kier alpha value is -4.83. The van der Waals surface area contributed by atoms with Crippen molar-refractivity contribution in [3.05, 3.63) is 95.6 Å². The molecule has 10 nitrogen and oxygen atoms in total. The van der Waals surface area contributed by atoms with Crippen LogP contribution < -0.4 is 9.47 Å². The summed E-state index contributed by atoms with van der Waals surface area (Å²) in [6, 6.07) is 21.0. The maximum atomic E-state index is 12.8. The first-order valence-corrected chi connectivity index (χ1v) is 14.1. The molecule has 1 fully saturated rings. The van der Waals surface area contributed by atoms with Gasteiger partial charge in [-0.15, -0.1) is 0 Å². The Balaban J connectivity index is 1.18. The van der Waals surface area contributed by atoms with E-state index < -0.39 is 17.7 Å². The van der Waals surface area contributed by atoms with Gasteiger partial charge in [-0.05, 0) is 49.2 Å². The third kappa shape index (κ3) is 8.83. The van der Waals surface area contributed by atoms with Crippen molar-refractivity contribution in [1.82, 2.24) is 9.80 Å². The SMILES string of the molecule is COC(=O)c1c(O)cccc1OCCCCN1CCN(C(=O)C(=O)/C=C(\O)c2cccc(OCc3ccccc3)c2)CC1.